The van der Waals surface area contributed by atoms with Crippen molar-refractivity contribution in [2.45, 2.75) is 83.5 Å². The summed E-state index contributed by atoms with van der Waals surface area (Å²) in [6.07, 6.45) is 19.5. The summed E-state index contributed by atoms with van der Waals surface area (Å²) in [5.74, 6) is 2.91. The molecule has 2 nitrogen and oxygen atoms in total. The average molecular weight is 306 g/mol. The molecule has 0 aliphatic heterocycles. The number of esters is 1. The number of carbonyl (C=O) groups excluding carboxylic acids is 1. The summed E-state index contributed by atoms with van der Waals surface area (Å²) < 4.78 is 4.98. The fourth-order valence-electron chi connectivity index (χ4n) is 4.58. The summed E-state index contributed by atoms with van der Waals surface area (Å²) in [5, 5.41) is 0. The SMILES string of the molecule is C=CC(=O)OCCCCCCCCC1CC2CCCC(C1)C2. The van der Waals surface area contributed by atoms with Gasteiger partial charge in [-0.2, -0.15) is 0 Å². The number of rotatable bonds is 10. The number of hydrogen-bond acceptors (Lipinski definition) is 2. The molecule has 0 heterocycles. The van der Waals surface area contributed by atoms with Crippen LogP contribution in [-0.2, 0) is 9.53 Å². The van der Waals surface area contributed by atoms with Crippen molar-refractivity contribution in [1.82, 2.24) is 0 Å². The fourth-order valence-corrected chi connectivity index (χ4v) is 4.58. The molecule has 2 atom stereocenters. The van der Waals surface area contributed by atoms with Crippen LogP contribution in [0.2, 0.25) is 0 Å². The summed E-state index contributed by atoms with van der Waals surface area (Å²) in [7, 11) is 0. The quantitative estimate of drug-likeness (QED) is 0.295. The highest BCUT2D eigenvalue weighted by Gasteiger charge is 2.31. The third-order valence-corrected chi connectivity index (χ3v) is 5.64. The van der Waals surface area contributed by atoms with E-state index in [1.165, 1.54) is 76.7 Å². The van der Waals surface area contributed by atoms with Crippen LogP contribution in [-0.4, -0.2) is 12.6 Å². The van der Waals surface area contributed by atoms with Gasteiger partial charge in [-0.15, -0.1) is 0 Å². The van der Waals surface area contributed by atoms with Crippen molar-refractivity contribution in [3.63, 3.8) is 0 Å². The van der Waals surface area contributed by atoms with Crippen molar-refractivity contribution < 1.29 is 9.53 Å². The van der Waals surface area contributed by atoms with E-state index in [1.54, 1.807) is 6.42 Å². The lowest BCUT2D eigenvalue weighted by molar-refractivity contribution is -0.137. The molecule has 2 aliphatic rings. The molecule has 2 fully saturated rings. The van der Waals surface area contributed by atoms with Crippen molar-refractivity contribution in [2.75, 3.05) is 6.61 Å². The lowest BCUT2D eigenvalue weighted by Gasteiger charge is -2.39. The maximum atomic E-state index is 10.9. The molecule has 0 saturated heterocycles. The Bertz CT molecular complexity index is 325. The molecule has 0 aromatic rings. The summed E-state index contributed by atoms with van der Waals surface area (Å²) in [6.45, 7) is 3.94. The Hall–Kier alpha value is -0.790. The van der Waals surface area contributed by atoms with Gasteiger partial charge in [-0.3, -0.25) is 0 Å². The van der Waals surface area contributed by atoms with E-state index >= 15 is 0 Å². The van der Waals surface area contributed by atoms with Crippen LogP contribution in [0.5, 0.6) is 0 Å². The molecular formula is C20H34O2. The Labute approximate surface area is 136 Å². The Morgan fingerprint density at radius 1 is 0.955 bits per heavy atom. The lowest BCUT2D eigenvalue weighted by Crippen LogP contribution is -2.26. The number of ether oxygens (including phenoxy) is 1. The van der Waals surface area contributed by atoms with Crippen molar-refractivity contribution >= 4 is 5.97 Å². The molecule has 2 rings (SSSR count). The van der Waals surface area contributed by atoms with E-state index in [0.29, 0.717) is 6.61 Å². The summed E-state index contributed by atoms with van der Waals surface area (Å²) in [6, 6.07) is 0. The van der Waals surface area contributed by atoms with Gasteiger partial charge in [0.1, 0.15) is 0 Å². The summed E-state index contributed by atoms with van der Waals surface area (Å²) >= 11 is 0. The smallest absolute Gasteiger partial charge is 0.330 e. The molecule has 2 saturated carbocycles. The maximum Gasteiger partial charge on any atom is 0.330 e. The highest BCUT2D eigenvalue weighted by molar-refractivity contribution is 5.81. The summed E-state index contributed by atoms with van der Waals surface area (Å²) in [4.78, 5) is 10.9. The molecule has 126 valence electrons. The standard InChI is InChI=1S/C20H34O2/c1-2-20(21)22-13-8-6-4-3-5-7-10-17-14-18-11-9-12-19(15-17)16-18/h2,17-19H,1,3-16H2. The zero-order valence-corrected chi connectivity index (χ0v) is 14.2. The van der Waals surface area contributed by atoms with Gasteiger partial charge in [0.2, 0.25) is 0 Å². The molecule has 0 N–H and O–H groups in total. The van der Waals surface area contributed by atoms with Crippen LogP contribution in [0.4, 0.5) is 0 Å². The zero-order valence-electron chi connectivity index (χ0n) is 14.2. The van der Waals surface area contributed by atoms with Crippen molar-refractivity contribution in [3.05, 3.63) is 12.7 Å². The fraction of sp³-hybridized carbons (Fsp3) is 0.850. The van der Waals surface area contributed by atoms with Gasteiger partial charge in [0.25, 0.3) is 0 Å². The van der Waals surface area contributed by atoms with Gasteiger partial charge in [0.05, 0.1) is 6.61 Å². The first kappa shape index (κ1) is 17.6. The van der Waals surface area contributed by atoms with Crippen molar-refractivity contribution in [2.24, 2.45) is 17.8 Å². The Kier molecular flexibility index (Phi) is 8.04. The minimum absolute atomic E-state index is 0.294. The van der Waals surface area contributed by atoms with Crippen LogP contribution in [0.1, 0.15) is 83.5 Å². The number of unbranched alkanes of at least 4 members (excludes halogenated alkanes) is 5. The van der Waals surface area contributed by atoms with E-state index in [1.807, 2.05) is 0 Å². The molecular weight excluding hydrogens is 272 g/mol. The minimum atomic E-state index is -0.294. The van der Waals surface area contributed by atoms with E-state index in [0.717, 1.165) is 24.2 Å². The summed E-state index contributed by atoms with van der Waals surface area (Å²) in [5.41, 5.74) is 0. The zero-order chi connectivity index (χ0) is 15.6. The van der Waals surface area contributed by atoms with E-state index in [2.05, 4.69) is 6.58 Å². The molecule has 2 bridgehead atoms. The van der Waals surface area contributed by atoms with E-state index in [4.69, 9.17) is 4.74 Å². The van der Waals surface area contributed by atoms with Crippen LogP contribution >= 0.6 is 0 Å². The first-order valence-corrected chi connectivity index (χ1v) is 9.57. The second kappa shape index (κ2) is 10.1. The van der Waals surface area contributed by atoms with Gasteiger partial charge in [-0.1, -0.05) is 64.4 Å². The monoisotopic (exact) mass is 306 g/mol. The molecule has 0 aromatic heterocycles. The first-order valence-electron chi connectivity index (χ1n) is 9.57. The van der Waals surface area contributed by atoms with Crippen LogP contribution in [0.25, 0.3) is 0 Å². The highest BCUT2D eigenvalue weighted by atomic mass is 16.5. The Morgan fingerprint density at radius 2 is 1.59 bits per heavy atom. The van der Waals surface area contributed by atoms with Gasteiger partial charge in [0, 0.05) is 6.08 Å². The highest BCUT2D eigenvalue weighted by Crippen LogP contribution is 2.43. The van der Waals surface area contributed by atoms with E-state index in [9.17, 15) is 4.79 Å². The molecule has 0 aromatic carbocycles. The molecule has 22 heavy (non-hydrogen) atoms. The van der Waals surface area contributed by atoms with Crippen molar-refractivity contribution in [3.8, 4) is 0 Å². The van der Waals surface area contributed by atoms with Gasteiger partial charge in [-0.05, 0) is 43.4 Å². The van der Waals surface area contributed by atoms with Crippen LogP contribution in [0.15, 0.2) is 12.7 Å². The van der Waals surface area contributed by atoms with Gasteiger partial charge >= 0.3 is 5.97 Å². The van der Waals surface area contributed by atoms with Crippen LogP contribution in [0, 0.1) is 17.8 Å². The van der Waals surface area contributed by atoms with Gasteiger partial charge in [-0.25, -0.2) is 4.79 Å². The van der Waals surface area contributed by atoms with Gasteiger partial charge in [0.15, 0.2) is 0 Å². The Morgan fingerprint density at radius 3 is 2.27 bits per heavy atom. The normalized spacial score (nSPS) is 27.4. The second-order valence-electron chi connectivity index (χ2n) is 7.52. The molecule has 2 aliphatic carbocycles. The van der Waals surface area contributed by atoms with E-state index < -0.39 is 0 Å². The molecule has 0 amide bonds. The molecule has 0 spiro atoms. The topological polar surface area (TPSA) is 26.3 Å². The molecule has 2 unspecified atom stereocenters. The average Bonchev–Trinajstić information content (AvgIpc) is 2.52. The number of hydrogen-bond donors (Lipinski definition) is 0. The predicted molar refractivity (Wildman–Crippen MR) is 91.6 cm³/mol. The third-order valence-electron chi connectivity index (χ3n) is 5.64. The van der Waals surface area contributed by atoms with Crippen molar-refractivity contribution in [1.29, 1.82) is 0 Å². The van der Waals surface area contributed by atoms with Crippen LogP contribution < -0.4 is 0 Å². The Balaban J connectivity index is 1.40. The minimum Gasteiger partial charge on any atom is -0.463 e. The number of fused-ring (bicyclic) bond motifs is 2. The third kappa shape index (κ3) is 6.54. The van der Waals surface area contributed by atoms with E-state index in [-0.39, 0.29) is 5.97 Å². The van der Waals surface area contributed by atoms with Crippen LogP contribution in [0.3, 0.4) is 0 Å². The predicted octanol–water partition coefficient (Wildman–Crippen LogP) is 5.66. The maximum absolute atomic E-state index is 10.9. The van der Waals surface area contributed by atoms with Gasteiger partial charge < -0.3 is 4.74 Å². The second-order valence-corrected chi connectivity index (χ2v) is 7.52. The first-order chi connectivity index (χ1) is 10.8. The largest absolute Gasteiger partial charge is 0.463 e. The lowest BCUT2D eigenvalue weighted by atomic mass is 9.67. The molecule has 0 radical (unpaired) electrons. The molecule has 2 heteroatoms. The number of carbonyl (C=O) groups is 1.